The van der Waals surface area contributed by atoms with Crippen molar-refractivity contribution in [3.63, 3.8) is 0 Å². The highest BCUT2D eigenvalue weighted by Crippen LogP contribution is 2.49. The highest BCUT2D eigenvalue weighted by atomic mass is 16.7. The van der Waals surface area contributed by atoms with Crippen LogP contribution in [0.15, 0.2) is 0 Å². The minimum absolute atomic E-state index is 0.813. The number of aliphatic hydroxyl groups excluding tert-OH is 1. The van der Waals surface area contributed by atoms with E-state index in [0.29, 0.717) is 0 Å². The summed E-state index contributed by atoms with van der Waals surface area (Å²) in [5.74, 6) is -7.75. The van der Waals surface area contributed by atoms with Gasteiger partial charge in [0.1, 0.15) is 6.10 Å². The zero-order valence-corrected chi connectivity index (χ0v) is 12.6. The van der Waals surface area contributed by atoms with Crippen LogP contribution < -0.4 is 0 Å². The molecule has 0 radical (unpaired) electrons. The van der Waals surface area contributed by atoms with Gasteiger partial charge in [0.25, 0.3) is 11.4 Å². The zero-order chi connectivity index (χ0) is 17.5. The molecular weight excluding hydrogens is 300 g/mol. The predicted octanol–water partition coefficient (Wildman–Crippen LogP) is -2.13. The van der Waals surface area contributed by atoms with Crippen molar-refractivity contribution in [1.82, 2.24) is 0 Å². The first-order chi connectivity index (χ1) is 9.91. The van der Waals surface area contributed by atoms with Crippen molar-refractivity contribution in [3.05, 3.63) is 0 Å². The van der Waals surface area contributed by atoms with Gasteiger partial charge in [0.15, 0.2) is 17.3 Å². The van der Waals surface area contributed by atoms with Gasteiger partial charge in [-0.1, -0.05) is 0 Å². The molecule has 4 atom stereocenters. The molecule has 0 aromatic rings. The lowest BCUT2D eigenvalue weighted by Gasteiger charge is -2.42. The molecule has 1 rings (SSSR count). The molecule has 0 aliphatic carbocycles. The highest BCUT2D eigenvalue weighted by Gasteiger charge is 2.82. The summed E-state index contributed by atoms with van der Waals surface area (Å²) >= 11 is 0. The van der Waals surface area contributed by atoms with Crippen LogP contribution in [0.2, 0.25) is 0 Å². The van der Waals surface area contributed by atoms with Gasteiger partial charge in [-0.3, -0.25) is 19.2 Å². The van der Waals surface area contributed by atoms with Crippen LogP contribution in [0.5, 0.6) is 0 Å². The lowest BCUT2D eigenvalue weighted by Crippen LogP contribution is -2.74. The third-order valence-electron chi connectivity index (χ3n) is 3.77. The number of carbonyl (C=O) groups excluding carboxylic acids is 4. The summed E-state index contributed by atoms with van der Waals surface area (Å²) in [4.78, 5) is 47.3. The van der Waals surface area contributed by atoms with E-state index in [1.54, 1.807) is 0 Å². The van der Waals surface area contributed by atoms with E-state index in [2.05, 4.69) is 0 Å². The number of hydrogen-bond acceptors (Lipinski definition) is 9. The fourth-order valence-corrected chi connectivity index (χ4v) is 2.78. The predicted molar refractivity (Wildman–Crippen MR) is 68.4 cm³/mol. The summed E-state index contributed by atoms with van der Waals surface area (Å²) in [6.45, 7) is 2.33. The van der Waals surface area contributed by atoms with Crippen LogP contribution in [0.25, 0.3) is 0 Å². The molecule has 0 aromatic heterocycles. The first-order valence-corrected chi connectivity index (χ1v) is 6.37. The van der Waals surface area contributed by atoms with Crippen molar-refractivity contribution >= 4 is 23.3 Å². The number of ketones is 3. The van der Waals surface area contributed by atoms with E-state index in [4.69, 9.17) is 9.47 Å². The van der Waals surface area contributed by atoms with Gasteiger partial charge in [-0.05, 0) is 13.8 Å². The molecule has 3 N–H and O–H groups in total. The number of esters is 1. The van der Waals surface area contributed by atoms with Crippen molar-refractivity contribution in [2.75, 3.05) is 6.61 Å². The Labute approximate surface area is 125 Å². The molecule has 1 unspecified atom stereocenters. The molecule has 9 nitrogen and oxygen atoms in total. The number of Topliss-reactive ketones (excluding diaryl/α,β-unsaturated/α-hetero) is 3. The van der Waals surface area contributed by atoms with Gasteiger partial charge in [-0.15, -0.1) is 0 Å². The van der Waals surface area contributed by atoms with Crippen LogP contribution in [-0.2, 0) is 28.7 Å². The van der Waals surface area contributed by atoms with Crippen molar-refractivity contribution in [2.45, 2.75) is 50.8 Å². The average Bonchev–Trinajstić information content (AvgIpc) is 2.59. The van der Waals surface area contributed by atoms with E-state index >= 15 is 0 Å². The van der Waals surface area contributed by atoms with Gasteiger partial charge >= 0.3 is 5.97 Å². The standard InChI is InChI=1S/C13H18O9/c1-6(15)11(19)10(5-14)22-13(20,8(3)17)12(11,7(2)16)21-9(4)18/h10,14,19-20H,5H2,1-4H3/t10-,11-,12-,13?/m0/s1. The highest BCUT2D eigenvalue weighted by molar-refractivity contribution is 6.06. The third kappa shape index (κ3) is 2.01. The Morgan fingerprint density at radius 2 is 1.50 bits per heavy atom. The van der Waals surface area contributed by atoms with Gasteiger partial charge in [0.2, 0.25) is 5.60 Å². The second-order valence-corrected chi connectivity index (χ2v) is 5.14. The molecule has 0 aromatic carbocycles. The maximum atomic E-state index is 12.1. The Balaban J connectivity index is 3.85. The molecule has 1 aliphatic heterocycles. The molecular formula is C13H18O9. The van der Waals surface area contributed by atoms with Crippen molar-refractivity contribution < 1.29 is 44.0 Å². The van der Waals surface area contributed by atoms with E-state index < -0.39 is 53.0 Å². The molecule has 1 heterocycles. The number of carbonyl (C=O) groups is 4. The molecule has 1 fully saturated rings. The first-order valence-electron chi connectivity index (χ1n) is 6.37. The van der Waals surface area contributed by atoms with Crippen molar-refractivity contribution in [2.24, 2.45) is 0 Å². The lowest BCUT2D eigenvalue weighted by molar-refractivity contribution is -0.256. The van der Waals surface area contributed by atoms with E-state index in [9.17, 15) is 34.5 Å². The molecule has 0 spiro atoms. The zero-order valence-electron chi connectivity index (χ0n) is 12.6. The van der Waals surface area contributed by atoms with Crippen LogP contribution in [0.4, 0.5) is 0 Å². The largest absolute Gasteiger partial charge is 0.441 e. The van der Waals surface area contributed by atoms with E-state index in [1.807, 2.05) is 0 Å². The lowest BCUT2D eigenvalue weighted by atomic mass is 9.70. The second kappa shape index (κ2) is 5.51. The summed E-state index contributed by atoms with van der Waals surface area (Å²) in [5.41, 5.74) is -5.95. The van der Waals surface area contributed by atoms with Crippen molar-refractivity contribution in [3.8, 4) is 0 Å². The molecule has 1 aliphatic rings. The summed E-state index contributed by atoms with van der Waals surface area (Å²) in [6.07, 6.45) is -1.85. The number of hydrogen-bond donors (Lipinski definition) is 3. The summed E-state index contributed by atoms with van der Waals surface area (Å²) in [7, 11) is 0. The van der Waals surface area contributed by atoms with E-state index in [-0.39, 0.29) is 0 Å². The Morgan fingerprint density at radius 1 is 1.00 bits per heavy atom. The molecule has 0 saturated carbocycles. The van der Waals surface area contributed by atoms with Gasteiger partial charge in [-0.25, -0.2) is 0 Å². The number of ether oxygens (including phenoxy) is 2. The van der Waals surface area contributed by atoms with Crippen LogP contribution in [0, 0.1) is 0 Å². The average molecular weight is 318 g/mol. The smallest absolute Gasteiger partial charge is 0.303 e. The quantitative estimate of drug-likeness (QED) is 0.483. The fraction of sp³-hybridized carbons (Fsp3) is 0.692. The van der Waals surface area contributed by atoms with E-state index in [0.717, 1.165) is 27.7 Å². The van der Waals surface area contributed by atoms with Crippen LogP contribution >= 0.6 is 0 Å². The molecule has 0 bridgehead atoms. The van der Waals surface area contributed by atoms with Crippen LogP contribution in [-0.4, -0.2) is 68.3 Å². The van der Waals surface area contributed by atoms with Gasteiger partial charge in [-0.2, -0.15) is 0 Å². The van der Waals surface area contributed by atoms with Gasteiger partial charge < -0.3 is 24.8 Å². The summed E-state index contributed by atoms with van der Waals surface area (Å²) < 4.78 is 9.68. The summed E-state index contributed by atoms with van der Waals surface area (Å²) in [5, 5.41) is 30.5. The third-order valence-corrected chi connectivity index (χ3v) is 3.77. The van der Waals surface area contributed by atoms with Gasteiger partial charge in [0.05, 0.1) is 6.61 Å². The minimum atomic E-state index is -3.11. The Kier molecular flexibility index (Phi) is 4.60. The Morgan fingerprint density at radius 3 is 1.77 bits per heavy atom. The Bertz CT molecular complexity index is 542. The minimum Gasteiger partial charge on any atom is -0.441 e. The topological polar surface area (TPSA) is 147 Å². The van der Waals surface area contributed by atoms with E-state index in [1.165, 1.54) is 0 Å². The van der Waals surface area contributed by atoms with Crippen molar-refractivity contribution in [1.29, 1.82) is 0 Å². The number of aliphatic hydroxyl groups is 3. The molecule has 124 valence electrons. The summed E-state index contributed by atoms with van der Waals surface area (Å²) in [6, 6.07) is 0. The molecule has 1 saturated heterocycles. The molecule has 9 heteroatoms. The SMILES string of the molecule is CC(=O)O[C@]1(C(C)=O)C(O)(C(C)=O)O[C@@H](CO)[C@@]1(O)C(C)=O. The maximum Gasteiger partial charge on any atom is 0.303 e. The first kappa shape index (κ1) is 18.4. The Hall–Kier alpha value is -1.68. The number of rotatable bonds is 5. The van der Waals surface area contributed by atoms with Crippen LogP contribution in [0.3, 0.4) is 0 Å². The molecule has 22 heavy (non-hydrogen) atoms. The fourth-order valence-electron chi connectivity index (χ4n) is 2.78. The monoisotopic (exact) mass is 318 g/mol. The normalized spacial score (nSPS) is 37.7. The van der Waals surface area contributed by atoms with Gasteiger partial charge in [0, 0.05) is 13.8 Å². The maximum absolute atomic E-state index is 12.1. The molecule has 0 amide bonds. The van der Waals surface area contributed by atoms with Crippen LogP contribution in [0.1, 0.15) is 27.7 Å². The second-order valence-electron chi connectivity index (χ2n) is 5.14.